The Morgan fingerprint density at radius 2 is 2.19 bits per heavy atom. The van der Waals surface area contributed by atoms with Crippen LogP contribution in [0.25, 0.3) is 11.2 Å². The predicted molar refractivity (Wildman–Crippen MR) is 74.5 cm³/mol. The average molecular weight is 301 g/mol. The Kier molecular flexibility index (Phi) is 4.69. The molecule has 1 saturated carbocycles. The second kappa shape index (κ2) is 5.77. The van der Waals surface area contributed by atoms with Crippen LogP contribution in [0.5, 0.6) is 0 Å². The van der Waals surface area contributed by atoms with Gasteiger partial charge in [0, 0.05) is 18.6 Å². The van der Waals surface area contributed by atoms with E-state index in [1.807, 2.05) is 0 Å². The van der Waals surface area contributed by atoms with E-state index in [1.54, 1.807) is 4.57 Å². The fourth-order valence-electron chi connectivity index (χ4n) is 2.55. The molecule has 10 heteroatoms. The van der Waals surface area contributed by atoms with Gasteiger partial charge in [0.05, 0.1) is 12.9 Å². The molecule has 0 saturated heterocycles. The first-order valence-electron chi connectivity index (χ1n) is 6.02. The average Bonchev–Trinajstić information content (AvgIpc) is 2.95. The summed E-state index contributed by atoms with van der Waals surface area (Å²) in [6, 6.07) is 0. The Morgan fingerprint density at radius 3 is 2.76 bits per heavy atom. The monoisotopic (exact) mass is 301 g/mol. The molecule has 2 atom stereocenters. The van der Waals surface area contributed by atoms with Crippen molar-refractivity contribution in [2.75, 3.05) is 18.9 Å². The maximum Gasteiger partial charge on any atom is 0.280 e. The molecule has 0 amide bonds. The van der Waals surface area contributed by atoms with Gasteiger partial charge in [-0.1, -0.05) is 0 Å². The number of anilines is 1. The van der Waals surface area contributed by atoms with Crippen molar-refractivity contribution in [1.29, 1.82) is 0 Å². The zero-order valence-electron chi connectivity index (χ0n) is 11.2. The van der Waals surface area contributed by atoms with Crippen LogP contribution in [0.3, 0.4) is 0 Å². The number of aliphatic hydroxyl groups excluding tert-OH is 2. The topological polar surface area (TPSA) is 193 Å². The number of hydrogen-bond donors (Lipinski definition) is 4. The van der Waals surface area contributed by atoms with Crippen LogP contribution in [0.15, 0.2) is 11.1 Å². The molecule has 9 N–H and O–H groups in total. The largest absolute Gasteiger partial charge is 0.412 e. The lowest BCUT2D eigenvalue weighted by Gasteiger charge is -2.14. The number of H-pyrrole nitrogens is 1. The third-order valence-electron chi connectivity index (χ3n) is 3.87. The first-order valence-corrected chi connectivity index (χ1v) is 6.02. The van der Waals surface area contributed by atoms with Crippen molar-refractivity contribution < 1.29 is 21.2 Å². The van der Waals surface area contributed by atoms with E-state index >= 15 is 0 Å². The zero-order chi connectivity index (χ0) is 13.6. The minimum absolute atomic E-state index is 0. The number of nitrogens with zero attached hydrogens (tertiary/aromatic N) is 3. The fraction of sp³-hybridized carbons (Fsp3) is 0.545. The van der Waals surface area contributed by atoms with Crippen molar-refractivity contribution in [3.63, 3.8) is 0 Å². The number of aliphatic hydroxyl groups is 2. The van der Waals surface area contributed by atoms with Crippen LogP contribution in [0, 0.1) is 11.3 Å². The van der Waals surface area contributed by atoms with Gasteiger partial charge in [-0.05, 0) is 12.3 Å². The molecule has 0 spiro atoms. The maximum absolute atomic E-state index is 11.6. The van der Waals surface area contributed by atoms with E-state index in [0.29, 0.717) is 12.2 Å². The summed E-state index contributed by atoms with van der Waals surface area (Å²) in [7, 11) is 0. The van der Waals surface area contributed by atoms with Crippen molar-refractivity contribution in [1.82, 2.24) is 19.5 Å². The van der Waals surface area contributed by atoms with Crippen molar-refractivity contribution in [2.45, 2.75) is 13.0 Å². The zero-order valence-corrected chi connectivity index (χ0v) is 11.2. The number of fused-ring (bicyclic) bond motifs is 1. The van der Waals surface area contributed by atoms with Gasteiger partial charge < -0.3 is 31.5 Å². The minimum Gasteiger partial charge on any atom is -0.412 e. The third-order valence-corrected chi connectivity index (χ3v) is 3.87. The first-order chi connectivity index (χ1) is 9.09. The van der Waals surface area contributed by atoms with Crippen molar-refractivity contribution in [2.24, 2.45) is 11.3 Å². The molecule has 10 nitrogen and oxygen atoms in total. The summed E-state index contributed by atoms with van der Waals surface area (Å²) in [5.74, 6) is 0.112. The highest BCUT2D eigenvalue weighted by Crippen LogP contribution is 2.53. The number of nitrogen functional groups attached to an aromatic ring is 1. The number of imidazole rings is 1. The molecule has 0 bridgehead atoms. The molecule has 2 heterocycles. The smallest absolute Gasteiger partial charge is 0.280 e. The molecular formula is C11H19N5O5. The molecule has 21 heavy (non-hydrogen) atoms. The van der Waals surface area contributed by atoms with Crippen LogP contribution in [0.2, 0.25) is 0 Å². The molecule has 3 rings (SSSR count). The Balaban J connectivity index is 0.00000110. The normalized spacial score (nSPS) is 23.4. The Morgan fingerprint density at radius 1 is 1.48 bits per heavy atom. The molecular weight excluding hydrogens is 282 g/mol. The fourth-order valence-corrected chi connectivity index (χ4v) is 2.55. The van der Waals surface area contributed by atoms with E-state index < -0.39 is 0 Å². The Bertz CT molecular complexity index is 683. The number of aromatic nitrogens is 4. The second-order valence-electron chi connectivity index (χ2n) is 5.10. The molecule has 2 aromatic heterocycles. The summed E-state index contributed by atoms with van der Waals surface area (Å²) >= 11 is 0. The molecule has 0 radical (unpaired) electrons. The van der Waals surface area contributed by atoms with E-state index in [0.717, 1.165) is 6.42 Å². The third kappa shape index (κ3) is 2.61. The van der Waals surface area contributed by atoms with Crippen LogP contribution in [-0.2, 0) is 6.54 Å². The van der Waals surface area contributed by atoms with Gasteiger partial charge in [0.25, 0.3) is 5.56 Å². The van der Waals surface area contributed by atoms with Gasteiger partial charge in [-0.15, -0.1) is 0 Å². The van der Waals surface area contributed by atoms with Gasteiger partial charge in [0.2, 0.25) is 5.95 Å². The highest BCUT2D eigenvalue weighted by molar-refractivity contribution is 5.70. The Labute approximate surface area is 118 Å². The van der Waals surface area contributed by atoms with Crippen LogP contribution in [0.4, 0.5) is 5.95 Å². The lowest BCUT2D eigenvalue weighted by atomic mass is 10.1. The van der Waals surface area contributed by atoms with E-state index in [1.165, 1.54) is 6.33 Å². The highest BCUT2D eigenvalue weighted by atomic mass is 16.3. The SMILES string of the molecule is Nc1nc2c(ncn2C[C@]2(CO)C[C@H]2CO)c(=O)[nH]1.O.O. The van der Waals surface area contributed by atoms with Crippen molar-refractivity contribution in [3.05, 3.63) is 16.7 Å². The molecule has 118 valence electrons. The van der Waals surface area contributed by atoms with E-state index in [-0.39, 0.29) is 52.5 Å². The van der Waals surface area contributed by atoms with Crippen LogP contribution >= 0.6 is 0 Å². The van der Waals surface area contributed by atoms with Gasteiger partial charge >= 0.3 is 0 Å². The number of nitrogens with two attached hydrogens (primary N) is 1. The van der Waals surface area contributed by atoms with Crippen LogP contribution < -0.4 is 11.3 Å². The summed E-state index contributed by atoms with van der Waals surface area (Å²) in [6.45, 7) is 0.487. The quantitative estimate of drug-likeness (QED) is 0.465. The second-order valence-corrected chi connectivity index (χ2v) is 5.10. The maximum atomic E-state index is 11.6. The number of hydrogen-bond acceptors (Lipinski definition) is 6. The molecule has 1 aliphatic rings. The summed E-state index contributed by atoms with van der Waals surface area (Å²) in [5.41, 5.74) is 5.42. The minimum atomic E-state index is -0.381. The van der Waals surface area contributed by atoms with E-state index in [2.05, 4.69) is 15.0 Å². The van der Waals surface area contributed by atoms with Crippen molar-refractivity contribution in [3.8, 4) is 0 Å². The lowest BCUT2D eigenvalue weighted by Crippen LogP contribution is -2.20. The molecule has 0 aromatic carbocycles. The standard InChI is InChI=1S/C11H15N5O3.2H2O/c12-10-14-8-7(9(19)15-10)13-5-16(8)3-11(4-18)1-6(11)2-17;;/h5-6,17-18H,1-4H2,(H3,12,14,15,19);2*1H2/t6-,11-;;/m0../s1. The van der Waals surface area contributed by atoms with Gasteiger partial charge in [-0.2, -0.15) is 4.98 Å². The van der Waals surface area contributed by atoms with E-state index in [4.69, 9.17) is 5.73 Å². The Hall–Kier alpha value is -2.01. The van der Waals surface area contributed by atoms with Crippen LogP contribution in [-0.4, -0.2) is 53.9 Å². The lowest BCUT2D eigenvalue weighted by molar-refractivity contribution is 0.158. The highest BCUT2D eigenvalue weighted by Gasteiger charge is 2.53. The molecule has 1 fully saturated rings. The summed E-state index contributed by atoms with van der Waals surface area (Å²) in [5, 5.41) is 18.7. The first kappa shape index (κ1) is 17.0. The van der Waals surface area contributed by atoms with Crippen LogP contribution in [0.1, 0.15) is 6.42 Å². The number of aromatic amines is 1. The van der Waals surface area contributed by atoms with Gasteiger partial charge in [-0.3, -0.25) is 9.78 Å². The number of nitrogens with one attached hydrogen (secondary N) is 1. The molecule has 0 aliphatic heterocycles. The summed E-state index contributed by atoms with van der Waals surface area (Å²) in [6.07, 6.45) is 2.26. The number of rotatable bonds is 4. The van der Waals surface area contributed by atoms with E-state index in [9.17, 15) is 15.0 Å². The molecule has 0 unspecified atom stereocenters. The van der Waals surface area contributed by atoms with Crippen molar-refractivity contribution >= 4 is 17.1 Å². The predicted octanol–water partition coefficient (Wildman–Crippen LogP) is -2.96. The van der Waals surface area contributed by atoms with Gasteiger partial charge in [0.15, 0.2) is 11.2 Å². The van der Waals surface area contributed by atoms with Gasteiger partial charge in [0.1, 0.15) is 0 Å². The summed E-state index contributed by atoms with van der Waals surface area (Å²) < 4.78 is 1.70. The summed E-state index contributed by atoms with van der Waals surface area (Å²) in [4.78, 5) is 22.1. The molecule has 2 aromatic rings. The molecule has 1 aliphatic carbocycles. The van der Waals surface area contributed by atoms with Gasteiger partial charge in [-0.25, -0.2) is 4.98 Å².